The lowest BCUT2D eigenvalue weighted by Gasteiger charge is -2.25. The van der Waals surface area contributed by atoms with Crippen LogP contribution in [0.15, 0.2) is 18.2 Å². The van der Waals surface area contributed by atoms with Gasteiger partial charge in [0.1, 0.15) is 5.82 Å². The first-order chi connectivity index (χ1) is 11.7. The number of carbonyl (C=O) groups excluding carboxylic acids is 1. The number of anilines is 1. The van der Waals surface area contributed by atoms with Crippen LogP contribution in [0.1, 0.15) is 58.1 Å². The molecule has 140 valence electrons. The van der Waals surface area contributed by atoms with E-state index in [9.17, 15) is 13.4 Å². The van der Waals surface area contributed by atoms with Gasteiger partial charge in [0.25, 0.3) is 0 Å². The zero-order valence-corrected chi connectivity index (χ0v) is 16.0. The summed E-state index contributed by atoms with van der Waals surface area (Å²) in [7, 11) is -0.0165. The van der Waals surface area contributed by atoms with Gasteiger partial charge in [0.2, 0.25) is 0 Å². The van der Waals surface area contributed by atoms with Crippen molar-refractivity contribution in [2.75, 3.05) is 12.4 Å². The molecule has 1 aromatic rings. The summed E-state index contributed by atoms with van der Waals surface area (Å²) >= 11 is 0. The van der Waals surface area contributed by atoms with Gasteiger partial charge in [-0.3, -0.25) is 5.32 Å². The van der Waals surface area contributed by atoms with Crippen LogP contribution in [0.2, 0.25) is 0 Å². The molecule has 1 saturated carbocycles. The number of halogens is 1. The number of rotatable bonds is 7. The SMILES string of the molecule is COC(=O)Nc1cc(C(CCC2CC2)N[S@@](=O)C(C)(C)C)ccc1F. The van der Waals surface area contributed by atoms with Gasteiger partial charge >= 0.3 is 6.09 Å². The van der Waals surface area contributed by atoms with Crippen molar-refractivity contribution in [3.8, 4) is 0 Å². The summed E-state index contributed by atoms with van der Waals surface area (Å²) < 4.78 is 33.8. The van der Waals surface area contributed by atoms with E-state index in [1.165, 1.54) is 26.0 Å². The third kappa shape index (κ3) is 6.08. The Morgan fingerprint density at radius 2 is 2.08 bits per heavy atom. The fourth-order valence-corrected chi connectivity index (χ4v) is 3.29. The first-order valence-corrected chi connectivity index (χ1v) is 9.68. The molecule has 0 aliphatic heterocycles. The van der Waals surface area contributed by atoms with Crippen LogP contribution in [0.25, 0.3) is 0 Å². The van der Waals surface area contributed by atoms with E-state index in [4.69, 9.17) is 0 Å². The zero-order valence-electron chi connectivity index (χ0n) is 15.2. The van der Waals surface area contributed by atoms with Crippen molar-refractivity contribution in [3.05, 3.63) is 29.6 Å². The highest BCUT2D eigenvalue weighted by atomic mass is 32.2. The van der Waals surface area contributed by atoms with Crippen LogP contribution < -0.4 is 10.0 Å². The molecule has 1 fully saturated rings. The Morgan fingerprint density at radius 3 is 2.64 bits per heavy atom. The highest BCUT2D eigenvalue weighted by Gasteiger charge is 2.27. The highest BCUT2D eigenvalue weighted by Crippen LogP contribution is 2.36. The topological polar surface area (TPSA) is 67.4 Å². The van der Waals surface area contributed by atoms with Crippen LogP contribution in [-0.2, 0) is 15.7 Å². The molecule has 0 aromatic heterocycles. The van der Waals surface area contributed by atoms with E-state index < -0.39 is 27.6 Å². The normalized spacial score (nSPS) is 17.0. The number of amides is 1. The summed E-state index contributed by atoms with van der Waals surface area (Å²) in [4.78, 5) is 11.4. The quantitative estimate of drug-likeness (QED) is 0.752. The van der Waals surface area contributed by atoms with E-state index in [0.717, 1.165) is 24.3 Å². The van der Waals surface area contributed by atoms with E-state index in [2.05, 4.69) is 14.8 Å². The fourth-order valence-electron chi connectivity index (χ4n) is 2.42. The monoisotopic (exact) mass is 370 g/mol. The van der Waals surface area contributed by atoms with Gasteiger partial charge in [-0.25, -0.2) is 18.1 Å². The molecular formula is C18H27FN2O3S. The number of hydrogen-bond donors (Lipinski definition) is 2. The van der Waals surface area contributed by atoms with E-state index in [-0.39, 0.29) is 11.7 Å². The van der Waals surface area contributed by atoms with Crippen molar-refractivity contribution < 1.29 is 18.1 Å². The van der Waals surface area contributed by atoms with Crippen LogP contribution in [0.5, 0.6) is 0 Å². The minimum absolute atomic E-state index is 0.0594. The molecule has 1 aromatic carbocycles. The molecule has 1 unspecified atom stereocenters. The number of nitrogens with one attached hydrogen (secondary N) is 2. The first-order valence-electron chi connectivity index (χ1n) is 8.53. The molecule has 0 saturated heterocycles. The van der Waals surface area contributed by atoms with Gasteiger partial charge in [-0.15, -0.1) is 0 Å². The minimum atomic E-state index is -1.24. The highest BCUT2D eigenvalue weighted by molar-refractivity contribution is 7.84. The van der Waals surface area contributed by atoms with Crippen molar-refractivity contribution in [1.82, 2.24) is 4.72 Å². The summed E-state index contributed by atoms with van der Waals surface area (Å²) in [6.45, 7) is 5.72. The predicted octanol–water partition coefficient (Wildman–Crippen LogP) is 4.29. The number of hydrogen-bond acceptors (Lipinski definition) is 3. The second-order valence-corrected chi connectivity index (χ2v) is 9.43. The summed E-state index contributed by atoms with van der Waals surface area (Å²) in [5, 5.41) is 2.38. The van der Waals surface area contributed by atoms with Gasteiger partial charge in [0, 0.05) is 6.04 Å². The molecule has 1 aliphatic rings. The molecule has 0 bridgehead atoms. The summed E-state index contributed by atoms with van der Waals surface area (Å²) in [6, 6.07) is 4.39. The second kappa shape index (κ2) is 8.27. The van der Waals surface area contributed by atoms with Gasteiger partial charge in [-0.1, -0.05) is 18.9 Å². The number of methoxy groups -OCH3 is 1. The van der Waals surface area contributed by atoms with Crippen LogP contribution in [0.4, 0.5) is 14.9 Å². The van der Waals surface area contributed by atoms with Crippen molar-refractivity contribution in [1.29, 1.82) is 0 Å². The third-order valence-corrected chi connectivity index (χ3v) is 5.79. The summed E-state index contributed by atoms with van der Waals surface area (Å²) in [5.74, 6) is 0.201. The standard InChI is InChI=1S/C18H27FN2O3S/c1-18(2,3)25(23)21-15(10-7-12-5-6-12)13-8-9-14(19)16(11-13)20-17(22)24-4/h8-9,11-12,15,21H,5-7,10H2,1-4H3,(H,20,22)/t15?,25-/m0/s1. The van der Waals surface area contributed by atoms with Crippen molar-refractivity contribution in [2.24, 2.45) is 5.92 Å². The Balaban J connectivity index is 2.20. The van der Waals surface area contributed by atoms with E-state index in [1.807, 2.05) is 20.8 Å². The molecular weight excluding hydrogens is 343 g/mol. The van der Waals surface area contributed by atoms with Gasteiger partial charge in [-0.2, -0.15) is 0 Å². The molecule has 1 aliphatic carbocycles. The Hall–Kier alpha value is -1.47. The van der Waals surface area contributed by atoms with Gasteiger partial charge in [0.15, 0.2) is 0 Å². The molecule has 25 heavy (non-hydrogen) atoms. The molecule has 0 spiro atoms. The number of carbonyl (C=O) groups is 1. The Kier molecular flexibility index (Phi) is 6.57. The zero-order chi connectivity index (χ0) is 18.6. The largest absolute Gasteiger partial charge is 0.453 e. The summed E-state index contributed by atoms with van der Waals surface area (Å²) in [6.07, 6.45) is 3.62. The lowest BCUT2D eigenvalue weighted by molar-refractivity contribution is 0.187. The van der Waals surface area contributed by atoms with Crippen molar-refractivity contribution in [3.63, 3.8) is 0 Å². The van der Waals surface area contributed by atoms with Crippen molar-refractivity contribution >= 4 is 22.8 Å². The molecule has 2 N–H and O–H groups in total. The fraction of sp³-hybridized carbons (Fsp3) is 0.611. The smallest absolute Gasteiger partial charge is 0.411 e. The average Bonchev–Trinajstić information content (AvgIpc) is 3.36. The molecule has 0 heterocycles. The number of benzene rings is 1. The third-order valence-electron chi connectivity index (χ3n) is 4.18. The predicted molar refractivity (Wildman–Crippen MR) is 98.2 cm³/mol. The van der Waals surface area contributed by atoms with Crippen LogP contribution in [0.3, 0.4) is 0 Å². The van der Waals surface area contributed by atoms with Gasteiger partial charge in [0.05, 0.1) is 28.5 Å². The molecule has 0 radical (unpaired) electrons. The molecule has 2 atom stereocenters. The Morgan fingerprint density at radius 1 is 1.40 bits per heavy atom. The summed E-state index contributed by atoms with van der Waals surface area (Å²) in [5.41, 5.74) is 0.857. The first kappa shape index (κ1) is 19.8. The van der Waals surface area contributed by atoms with E-state index >= 15 is 0 Å². The average molecular weight is 370 g/mol. The lowest BCUT2D eigenvalue weighted by Crippen LogP contribution is -2.35. The maximum atomic E-state index is 14.0. The molecule has 5 nitrogen and oxygen atoms in total. The maximum absolute atomic E-state index is 14.0. The minimum Gasteiger partial charge on any atom is -0.453 e. The second-order valence-electron chi connectivity index (χ2n) is 7.43. The van der Waals surface area contributed by atoms with E-state index in [1.54, 1.807) is 12.1 Å². The van der Waals surface area contributed by atoms with Crippen LogP contribution in [-0.4, -0.2) is 22.2 Å². The Labute approximate surface area is 151 Å². The molecule has 7 heteroatoms. The Bertz CT molecular complexity index is 642. The molecule has 2 rings (SSSR count). The molecule has 1 amide bonds. The maximum Gasteiger partial charge on any atom is 0.411 e. The van der Waals surface area contributed by atoms with Crippen LogP contribution in [0, 0.1) is 11.7 Å². The van der Waals surface area contributed by atoms with Gasteiger partial charge in [-0.05, 0) is 57.2 Å². The van der Waals surface area contributed by atoms with Gasteiger partial charge < -0.3 is 4.74 Å². The van der Waals surface area contributed by atoms with E-state index in [0.29, 0.717) is 0 Å². The lowest BCUT2D eigenvalue weighted by atomic mass is 10.0. The number of ether oxygens (including phenoxy) is 1. The van der Waals surface area contributed by atoms with Crippen molar-refractivity contribution in [2.45, 2.75) is 57.2 Å². The van der Waals surface area contributed by atoms with Crippen LogP contribution >= 0.6 is 0 Å².